The van der Waals surface area contributed by atoms with Gasteiger partial charge in [0.15, 0.2) is 0 Å². The van der Waals surface area contributed by atoms with Crippen molar-refractivity contribution < 1.29 is 4.42 Å². The van der Waals surface area contributed by atoms with Gasteiger partial charge in [-0.2, -0.15) is 0 Å². The molecule has 4 heteroatoms. The predicted octanol–water partition coefficient (Wildman–Crippen LogP) is 4.35. The average Bonchev–Trinajstić information content (AvgIpc) is 2.89. The minimum absolute atomic E-state index is 0.589. The monoisotopic (exact) mass is 314 g/mol. The highest BCUT2D eigenvalue weighted by Crippen LogP contribution is 2.29. The lowest BCUT2D eigenvalue weighted by atomic mass is 10.2. The molecule has 3 rings (SSSR count). The molecule has 1 aromatic heterocycles. The van der Waals surface area contributed by atoms with Gasteiger partial charge in [0.1, 0.15) is 12.0 Å². The van der Waals surface area contributed by atoms with Crippen LogP contribution in [-0.2, 0) is 0 Å². The van der Waals surface area contributed by atoms with Gasteiger partial charge in [0.05, 0.1) is 0 Å². The van der Waals surface area contributed by atoms with Gasteiger partial charge in [-0.25, -0.2) is 4.98 Å². The molecule has 0 unspecified atom stereocenters. The third-order valence-electron chi connectivity index (χ3n) is 2.81. The third-order valence-corrected chi connectivity index (χ3v) is 3.50. The summed E-state index contributed by atoms with van der Waals surface area (Å²) in [6.07, 6.45) is 1.66. The minimum atomic E-state index is 0.589. The fourth-order valence-electron chi connectivity index (χ4n) is 1.82. The summed E-state index contributed by atoms with van der Waals surface area (Å²) in [7, 11) is 0. The first-order valence-electron chi connectivity index (χ1n) is 5.80. The molecule has 0 fully saturated rings. The first kappa shape index (κ1) is 12.0. The molecule has 0 aliphatic carbocycles. The number of oxazole rings is 1. The van der Waals surface area contributed by atoms with Gasteiger partial charge in [-0.05, 0) is 30.3 Å². The maximum atomic E-state index is 5.66. The second-order valence-corrected chi connectivity index (χ2v) is 4.99. The molecule has 94 valence electrons. The normalized spacial score (nSPS) is 10.6. The van der Waals surface area contributed by atoms with Crippen LogP contribution in [0, 0.1) is 0 Å². The van der Waals surface area contributed by atoms with E-state index in [4.69, 9.17) is 10.2 Å². The van der Waals surface area contributed by atoms with E-state index in [9.17, 15) is 0 Å². The van der Waals surface area contributed by atoms with Gasteiger partial charge in [-0.15, -0.1) is 0 Å². The van der Waals surface area contributed by atoms with E-state index >= 15 is 0 Å². The zero-order valence-corrected chi connectivity index (χ0v) is 11.6. The molecule has 0 saturated carbocycles. The van der Waals surface area contributed by atoms with E-state index in [-0.39, 0.29) is 0 Å². The van der Waals surface area contributed by atoms with Crippen LogP contribution in [0.2, 0.25) is 0 Å². The number of nitrogens with zero attached hydrogens (tertiary/aromatic N) is 1. The van der Waals surface area contributed by atoms with Crippen molar-refractivity contribution in [2.75, 3.05) is 5.73 Å². The van der Waals surface area contributed by atoms with E-state index in [1.54, 1.807) is 6.26 Å². The summed E-state index contributed by atoms with van der Waals surface area (Å²) in [6, 6.07) is 15.4. The van der Waals surface area contributed by atoms with Crippen LogP contribution in [0.25, 0.3) is 22.7 Å². The van der Waals surface area contributed by atoms with E-state index in [0.29, 0.717) is 5.89 Å². The Bertz CT molecular complexity index is 704. The lowest BCUT2D eigenvalue weighted by Gasteiger charge is -1.98. The minimum Gasteiger partial charge on any atom is -0.444 e. The van der Waals surface area contributed by atoms with Crippen LogP contribution in [0.15, 0.2) is 63.7 Å². The molecule has 2 aromatic carbocycles. The number of rotatable bonds is 2. The smallest absolute Gasteiger partial charge is 0.226 e. The summed E-state index contributed by atoms with van der Waals surface area (Å²) in [5, 5.41) is 0. The molecule has 2 N–H and O–H groups in total. The highest BCUT2D eigenvalue weighted by Gasteiger charge is 2.10. The Hall–Kier alpha value is -2.07. The van der Waals surface area contributed by atoms with Crippen LogP contribution >= 0.6 is 15.9 Å². The molecular formula is C15H11BrN2O. The van der Waals surface area contributed by atoms with Crippen LogP contribution < -0.4 is 5.73 Å². The zero-order chi connectivity index (χ0) is 13.2. The summed E-state index contributed by atoms with van der Waals surface area (Å²) in [6.45, 7) is 0. The molecule has 0 saturated heterocycles. The van der Waals surface area contributed by atoms with Crippen LogP contribution in [-0.4, -0.2) is 4.98 Å². The van der Waals surface area contributed by atoms with E-state index in [1.807, 2.05) is 48.5 Å². The number of hydrogen-bond acceptors (Lipinski definition) is 3. The summed E-state index contributed by atoms with van der Waals surface area (Å²) < 4.78 is 6.52. The van der Waals surface area contributed by atoms with Crippen molar-refractivity contribution in [1.82, 2.24) is 4.98 Å². The summed E-state index contributed by atoms with van der Waals surface area (Å²) in [5.74, 6) is 0.589. The van der Waals surface area contributed by atoms with Gasteiger partial charge in [-0.3, -0.25) is 0 Å². The molecule has 0 bridgehead atoms. The van der Waals surface area contributed by atoms with Gasteiger partial charge >= 0.3 is 0 Å². The van der Waals surface area contributed by atoms with Crippen LogP contribution in [0.5, 0.6) is 0 Å². The van der Waals surface area contributed by atoms with Gasteiger partial charge in [0.2, 0.25) is 5.89 Å². The number of halogens is 1. The standard InChI is InChI=1S/C15H11BrN2O/c16-13-4-2-1-3-12(13)14-9-19-15(18-14)10-5-7-11(17)8-6-10/h1-9H,17H2. The van der Waals surface area contributed by atoms with Crippen molar-refractivity contribution in [3.8, 4) is 22.7 Å². The summed E-state index contributed by atoms with van der Waals surface area (Å²) >= 11 is 3.51. The molecular weight excluding hydrogens is 304 g/mol. The third kappa shape index (κ3) is 2.39. The first-order chi connectivity index (χ1) is 9.24. The Labute approximate surface area is 119 Å². The van der Waals surface area contributed by atoms with Gasteiger partial charge in [0.25, 0.3) is 0 Å². The number of aromatic nitrogens is 1. The van der Waals surface area contributed by atoms with E-state index < -0.39 is 0 Å². The Balaban J connectivity index is 2.00. The van der Waals surface area contributed by atoms with Gasteiger partial charge in [0, 0.05) is 21.3 Å². The number of anilines is 1. The van der Waals surface area contributed by atoms with Crippen LogP contribution in [0.4, 0.5) is 5.69 Å². The Morgan fingerprint density at radius 2 is 1.74 bits per heavy atom. The number of nitrogens with two attached hydrogens (primary N) is 1. The predicted molar refractivity (Wildman–Crippen MR) is 79.5 cm³/mol. The maximum Gasteiger partial charge on any atom is 0.226 e. The van der Waals surface area contributed by atoms with Crippen LogP contribution in [0.1, 0.15) is 0 Å². The Morgan fingerprint density at radius 3 is 2.47 bits per heavy atom. The molecule has 0 aliphatic heterocycles. The van der Waals surface area contributed by atoms with Crippen molar-refractivity contribution in [2.24, 2.45) is 0 Å². The molecule has 3 nitrogen and oxygen atoms in total. The topological polar surface area (TPSA) is 52.0 Å². The fourth-order valence-corrected chi connectivity index (χ4v) is 2.31. The highest BCUT2D eigenvalue weighted by atomic mass is 79.9. The first-order valence-corrected chi connectivity index (χ1v) is 6.60. The van der Waals surface area contributed by atoms with Crippen molar-refractivity contribution in [3.05, 3.63) is 59.3 Å². The fraction of sp³-hybridized carbons (Fsp3) is 0. The number of benzene rings is 2. The molecule has 19 heavy (non-hydrogen) atoms. The lowest BCUT2D eigenvalue weighted by Crippen LogP contribution is -1.84. The average molecular weight is 315 g/mol. The molecule has 3 aromatic rings. The Kier molecular flexibility index (Phi) is 3.09. The Morgan fingerprint density at radius 1 is 1.00 bits per heavy atom. The largest absolute Gasteiger partial charge is 0.444 e. The maximum absolute atomic E-state index is 5.66. The van der Waals surface area contributed by atoms with Crippen molar-refractivity contribution in [3.63, 3.8) is 0 Å². The second-order valence-electron chi connectivity index (χ2n) is 4.14. The van der Waals surface area contributed by atoms with Gasteiger partial charge < -0.3 is 10.2 Å². The summed E-state index contributed by atoms with van der Waals surface area (Å²) in [4.78, 5) is 4.50. The molecule has 0 aliphatic rings. The molecule has 1 heterocycles. The van der Waals surface area contributed by atoms with Crippen molar-refractivity contribution in [1.29, 1.82) is 0 Å². The molecule has 0 atom stereocenters. The quantitative estimate of drug-likeness (QED) is 0.715. The van der Waals surface area contributed by atoms with E-state index in [2.05, 4.69) is 20.9 Å². The number of hydrogen-bond donors (Lipinski definition) is 1. The van der Waals surface area contributed by atoms with Crippen molar-refractivity contribution in [2.45, 2.75) is 0 Å². The zero-order valence-electron chi connectivity index (χ0n) is 10.0. The molecule has 0 amide bonds. The lowest BCUT2D eigenvalue weighted by molar-refractivity contribution is 0.575. The summed E-state index contributed by atoms with van der Waals surface area (Å²) in [5.41, 5.74) is 9.11. The van der Waals surface area contributed by atoms with E-state index in [1.165, 1.54) is 0 Å². The van der Waals surface area contributed by atoms with Crippen LogP contribution in [0.3, 0.4) is 0 Å². The SMILES string of the molecule is Nc1ccc(-c2nc(-c3ccccc3Br)co2)cc1. The molecule has 0 radical (unpaired) electrons. The van der Waals surface area contributed by atoms with E-state index in [0.717, 1.165) is 27.0 Å². The second kappa shape index (κ2) is 4.90. The van der Waals surface area contributed by atoms with Gasteiger partial charge in [-0.1, -0.05) is 34.1 Å². The van der Waals surface area contributed by atoms with Crippen molar-refractivity contribution >= 4 is 21.6 Å². The highest BCUT2D eigenvalue weighted by molar-refractivity contribution is 9.10. The molecule has 0 spiro atoms. The number of nitrogen functional groups attached to an aromatic ring is 1.